The minimum Gasteiger partial charge on any atom is -0.366 e. The standard InChI is InChI=1S/C18H17ClN4O/c1-12-14(8-20)2-5-18(23-12)21-9-13-6-15-7-16(19)3-4-17(15)22-11-24-10-13/h2-7,22H,9-11H2,1H3,(H,21,23)/b13-6-. The lowest BCUT2D eigenvalue weighted by molar-refractivity contribution is 0.175. The van der Waals surface area contributed by atoms with Crippen LogP contribution < -0.4 is 10.6 Å². The van der Waals surface area contributed by atoms with Crippen molar-refractivity contribution in [3.8, 4) is 6.07 Å². The zero-order valence-electron chi connectivity index (χ0n) is 13.3. The number of pyridine rings is 1. The van der Waals surface area contributed by atoms with E-state index < -0.39 is 0 Å². The zero-order chi connectivity index (χ0) is 16.9. The monoisotopic (exact) mass is 340 g/mol. The molecule has 0 saturated heterocycles. The van der Waals surface area contributed by atoms with Crippen molar-refractivity contribution in [1.29, 1.82) is 5.26 Å². The number of nitrogens with one attached hydrogen (secondary N) is 2. The molecule has 24 heavy (non-hydrogen) atoms. The lowest BCUT2D eigenvalue weighted by Gasteiger charge is -2.17. The van der Waals surface area contributed by atoms with E-state index in [1.807, 2.05) is 31.2 Å². The molecule has 0 aliphatic carbocycles. The van der Waals surface area contributed by atoms with Crippen LogP contribution in [0.1, 0.15) is 16.8 Å². The molecular formula is C18H17ClN4O. The summed E-state index contributed by atoms with van der Waals surface area (Å²) < 4.78 is 5.61. The van der Waals surface area contributed by atoms with E-state index in [0.29, 0.717) is 36.2 Å². The van der Waals surface area contributed by atoms with E-state index in [0.717, 1.165) is 22.6 Å². The first kappa shape index (κ1) is 16.3. The maximum absolute atomic E-state index is 8.96. The van der Waals surface area contributed by atoms with Gasteiger partial charge >= 0.3 is 0 Å². The van der Waals surface area contributed by atoms with Crippen LogP contribution in [-0.2, 0) is 4.74 Å². The van der Waals surface area contributed by atoms with Gasteiger partial charge in [-0.05, 0) is 54.5 Å². The van der Waals surface area contributed by atoms with Gasteiger partial charge in [0.15, 0.2) is 0 Å². The number of nitriles is 1. The van der Waals surface area contributed by atoms with E-state index in [1.165, 1.54) is 0 Å². The van der Waals surface area contributed by atoms with Crippen LogP contribution in [0, 0.1) is 18.3 Å². The summed E-state index contributed by atoms with van der Waals surface area (Å²) in [5, 5.41) is 16.2. The molecule has 3 rings (SSSR count). The number of nitrogens with zero attached hydrogens (tertiary/aromatic N) is 2. The predicted molar refractivity (Wildman–Crippen MR) is 96.0 cm³/mol. The van der Waals surface area contributed by atoms with Crippen molar-refractivity contribution >= 4 is 29.2 Å². The highest BCUT2D eigenvalue weighted by atomic mass is 35.5. The Morgan fingerprint density at radius 1 is 1.38 bits per heavy atom. The maximum atomic E-state index is 8.96. The summed E-state index contributed by atoms with van der Waals surface area (Å²) >= 11 is 6.10. The minimum absolute atomic E-state index is 0.445. The lowest BCUT2D eigenvalue weighted by Crippen LogP contribution is -2.16. The number of aryl methyl sites for hydroxylation is 1. The Labute approximate surface area is 145 Å². The summed E-state index contributed by atoms with van der Waals surface area (Å²) in [6.45, 7) is 3.39. The molecule has 0 bridgehead atoms. The Morgan fingerprint density at radius 2 is 2.25 bits per heavy atom. The van der Waals surface area contributed by atoms with Gasteiger partial charge in [0, 0.05) is 17.3 Å². The molecule has 2 N–H and O–H groups in total. The van der Waals surface area contributed by atoms with Crippen molar-refractivity contribution < 1.29 is 4.74 Å². The van der Waals surface area contributed by atoms with E-state index in [1.54, 1.807) is 6.07 Å². The molecule has 2 heterocycles. The highest BCUT2D eigenvalue weighted by Crippen LogP contribution is 2.24. The van der Waals surface area contributed by atoms with Crippen LogP contribution in [0.3, 0.4) is 0 Å². The molecule has 1 aliphatic rings. The largest absolute Gasteiger partial charge is 0.366 e. The molecule has 2 aromatic rings. The average Bonchev–Trinajstić information content (AvgIpc) is 2.55. The minimum atomic E-state index is 0.445. The Kier molecular flexibility index (Phi) is 4.99. The molecule has 0 radical (unpaired) electrons. The van der Waals surface area contributed by atoms with Gasteiger partial charge in [-0.2, -0.15) is 5.26 Å². The normalized spacial score (nSPS) is 15.8. The SMILES string of the molecule is Cc1nc(NC/C2=C/c3cc(Cl)ccc3NCOC2)ccc1C#N. The molecule has 1 aromatic carbocycles. The van der Waals surface area contributed by atoms with Crippen LogP contribution in [0.5, 0.6) is 0 Å². The van der Waals surface area contributed by atoms with Crippen LogP contribution in [0.15, 0.2) is 35.9 Å². The number of rotatable bonds is 3. The summed E-state index contributed by atoms with van der Waals surface area (Å²) in [4.78, 5) is 4.39. The predicted octanol–water partition coefficient (Wildman–Crippen LogP) is 3.81. The number of hydrogen-bond acceptors (Lipinski definition) is 5. The van der Waals surface area contributed by atoms with Crippen LogP contribution in [-0.4, -0.2) is 24.9 Å². The smallest absolute Gasteiger partial charge is 0.126 e. The quantitative estimate of drug-likeness (QED) is 0.889. The van der Waals surface area contributed by atoms with E-state index >= 15 is 0 Å². The lowest BCUT2D eigenvalue weighted by atomic mass is 10.1. The van der Waals surface area contributed by atoms with Crippen LogP contribution >= 0.6 is 11.6 Å². The van der Waals surface area contributed by atoms with Crippen molar-refractivity contribution in [2.45, 2.75) is 6.92 Å². The van der Waals surface area contributed by atoms with Gasteiger partial charge in [-0.1, -0.05) is 11.6 Å². The second-order valence-corrected chi connectivity index (χ2v) is 5.93. The maximum Gasteiger partial charge on any atom is 0.126 e. The summed E-state index contributed by atoms with van der Waals surface area (Å²) in [6.07, 6.45) is 2.07. The molecule has 122 valence electrons. The third-order valence-electron chi connectivity index (χ3n) is 3.73. The fraction of sp³-hybridized carbons (Fsp3) is 0.222. The van der Waals surface area contributed by atoms with Crippen LogP contribution in [0.2, 0.25) is 5.02 Å². The third kappa shape index (κ3) is 3.85. The Morgan fingerprint density at radius 3 is 3.04 bits per heavy atom. The Bertz CT molecular complexity index is 826. The number of fused-ring (bicyclic) bond motifs is 1. The van der Waals surface area contributed by atoms with Crippen LogP contribution in [0.25, 0.3) is 6.08 Å². The number of aromatic nitrogens is 1. The van der Waals surface area contributed by atoms with Crippen molar-refractivity contribution in [3.63, 3.8) is 0 Å². The van der Waals surface area contributed by atoms with E-state index in [2.05, 4.69) is 27.8 Å². The van der Waals surface area contributed by atoms with Gasteiger partial charge < -0.3 is 15.4 Å². The molecule has 6 heteroatoms. The molecule has 0 fully saturated rings. The Balaban J connectivity index is 1.78. The van der Waals surface area contributed by atoms with Crippen LogP contribution in [0.4, 0.5) is 11.5 Å². The number of anilines is 2. The molecule has 5 nitrogen and oxygen atoms in total. The van der Waals surface area contributed by atoms with Gasteiger partial charge in [0.1, 0.15) is 18.6 Å². The van der Waals surface area contributed by atoms with Gasteiger partial charge in [0.25, 0.3) is 0 Å². The first-order valence-corrected chi connectivity index (χ1v) is 7.96. The number of ether oxygens (including phenoxy) is 1. The van der Waals surface area contributed by atoms with Crippen molar-refractivity contribution in [3.05, 3.63) is 57.7 Å². The molecule has 1 aliphatic heterocycles. The summed E-state index contributed by atoms with van der Waals surface area (Å²) in [5.41, 5.74) is 4.41. The number of benzene rings is 1. The molecular weight excluding hydrogens is 324 g/mol. The fourth-order valence-electron chi connectivity index (χ4n) is 2.47. The summed E-state index contributed by atoms with van der Waals surface area (Å²) in [6, 6.07) is 11.4. The van der Waals surface area contributed by atoms with E-state index in [4.69, 9.17) is 21.6 Å². The van der Waals surface area contributed by atoms with E-state index in [-0.39, 0.29) is 0 Å². The van der Waals surface area contributed by atoms with Crippen molar-refractivity contribution in [1.82, 2.24) is 4.98 Å². The average molecular weight is 341 g/mol. The molecule has 0 unspecified atom stereocenters. The second-order valence-electron chi connectivity index (χ2n) is 5.50. The third-order valence-corrected chi connectivity index (χ3v) is 3.96. The Hall–Kier alpha value is -2.55. The first-order valence-electron chi connectivity index (χ1n) is 7.58. The molecule has 0 saturated carbocycles. The number of hydrogen-bond donors (Lipinski definition) is 2. The summed E-state index contributed by atoms with van der Waals surface area (Å²) in [5.74, 6) is 0.735. The van der Waals surface area contributed by atoms with Gasteiger partial charge in [0.2, 0.25) is 0 Å². The second kappa shape index (κ2) is 7.35. The molecule has 0 spiro atoms. The van der Waals surface area contributed by atoms with Crippen molar-refractivity contribution in [2.24, 2.45) is 0 Å². The topological polar surface area (TPSA) is 70.0 Å². The summed E-state index contributed by atoms with van der Waals surface area (Å²) in [7, 11) is 0. The number of halogens is 1. The fourth-order valence-corrected chi connectivity index (χ4v) is 2.65. The highest BCUT2D eigenvalue weighted by Gasteiger charge is 2.08. The van der Waals surface area contributed by atoms with E-state index in [9.17, 15) is 0 Å². The highest BCUT2D eigenvalue weighted by molar-refractivity contribution is 6.30. The van der Waals surface area contributed by atoms with Crippen molar-refractivity contribution in [2.75, 3.05) is 30.5 Å². The molecule has 1 aromatic heterocycles. The molecule has 0 amide bonds. The molecule has 0 atom stereocenters. The zero-order valence-corrected chi connectivity index (χ0v) is 14.0. The van der Waals surface area contributed by atoms with Gasteiger partial charge in [-0.25, -0.2) is 4.98 Å². The van der Waals surface area contributed by atoms with Gasteiger partial charge in [-0.15, -0.1) is 0 Å². The first-order chi connectivity index (χ1) is 11.7. The van der Waals surface area contributed by atoms with Gasteiger partial charge in [0.05, 0.1) is 17.9 Å². The van der Waals surface area contributed by atoms with Gasteiger partial charge in [-0.3, -0.25) is 0 Å².